The molecule has 0 aromatic carbocycles. The van der Waals surface area contributed by atoms with Crippen LogP contribution in [0, 0.1) is 34.5 Å². The molecule has 0 saturated heterocycles. The highest BCUT2D eigenvalue weighted by molar-refractivity contribution is 5.77. The van der Waals surface area contributed by atoms with Gasteiger partial charge in [-0.2, -0.15) is 0 Å². The van der Waals surface area contributed by atoms with Crippen LogP contribution in [-0.4, -0.2) is 13.1 Å². The van der Waals surface area contributed by atoms with E-state index in [1.807, 2.05) is 0 Å². The Morgan fingerprint density at radius 2 is 1.96 bits per heavy atom. The summed E-state index contributed by atoms with van der Waals surface area (Å²) in [5, 5.41) is 0. The summed E-state index contributed by atoms with van der Waals surface area (Å²) in [6.45, 7) is 9.32. The van der Waals surface area contributed by atoms with E-state index in [2.05, 4.69) is 33.8 Å². The fraction of sp³-hybridized carbons (Fsp3) is 0.857. The Labute approximate surface area is 142 Å². The van der Waals surface area contributed by atoms with Gasteiger partial charge >= 0.3 is 5.97 Å². The Morgan fingerprint density at radius 3 is 2.61 bits per heavy atom. The minimum absolute atomic E-state index is 0.0288. The summed E-state index contributed by atoms with van der Waals surface area (Å²) in [6, 6.07) is 0. The standard InChI is InChI=1S/C21H34O2/c1-14(2)15-7-9-17-16(13-15)8-10-18-20(17,3)11-6-12-21(18,4)19(22)23-5/h13-14,16-18H,6-12H2,1-5H3/t16-,17+,18-,20-,21-/m1/s1. The Balaban J connectivity index is 1.92. The smallest absolute Gasteiger partial charge is 0.311 e. The maximum Gasteiger partial charge on any atom is 0.311 e. The van der Waals surface area contributed by atoms with Crippen molar-refractivity contribution < 1.29 is 9.53 Å². The number of rotatable bonds is 2. The highest BCUT2D eigenvalue weighted by Crippen LogP contribution is 2.63. The summed E-state index contributed by atoms with van der Waals surface area (Å²) in [4.78, 5) is 12.6. The minimum atomic E-state index is -0.269. The van der Waals surface area contributed by atoms with E-state index in [9.17, 15) is 4.79 Å². The lowest BCUT2D eigenvalue weighted by atomic mass is 9.44. The fourth-order valence-corrected chi connectivity index (χ4v) is 6.44. The quantitative estimate of drug-likeness (QED) is 0.505. The van der Waals surface area contributed by atoms with Crippen LogP contribution < -0.4 is 0 Å². The Bertz CT molecular complexity index is 506. The maximum absolute atomic E-state index is 12.6. The van der Waals surface area contributed by atoms with E-state index >= 15 is 0 Å². The fourth-order valence-electron chi connectivity index (χ4n) is 6.44. The monoisotopic (exact) mass is 318 g/mol. The number of carbonyl (C=O) groups excluding carboxylic acids is 1. The van der Waals surface area contributed by atoms with Gasteiger partial charge < -0.3 is 4.74 Å². The van der Waals surface area contributed by atoms with Gasteiger partial charge in [0.25, 0.3) is 0 Å². The molecule has 0 heterocycles. The normalized spacial score (nSPS) is 43.4. The molecule has 0 aliphatic heterocycles. The first-order valence-electron chi connectivity index (χ1n) is 9.62. The zero-order valence-electron chi connectivity index (χ0n) is 15.7. The maximum atomic E-state index is 12.6. The molecule has 2 nitrogen and oxygen atoms in total. The molecule has 0 spiro atoms. The van der Waals surface area contributed by atoms with Crippen LogP contribution in [0.1, 0.15) is 72.6 Å². The molecule has 5 atom stereocenters. The van der Waals surface area contributed by atoms with Gasteiger partial charge in [0.2, 0.25) is 0 Å². The van der Waals surface area contributed by atoms with E-state index < -0.39 is 0 Å². The molecule has 0 unspecified atom stereocenters. The van der Waals surface area contributed by atoms with Gasteiger partial charge in [0.15, 0.2) is 0 Å². The highest BCUT2D eigenvalue weighted by atomic mass is 16.5. The molecule has 0 bridgehead atoms. The third-order valence-corrected chi connectivity index (χ3v) is 7.69. The van der Waals surface area contributed by atoms with E-state index in [-0.39, 0.29) is 11.4 Å². The Hall–Kier alpha value is -0.790. The summed E-state index contributed by atoms with van der Waals surface area (Å²) in [5.41, 5.74) is 1.71. The molecule has 0 aromatic heterocycles. The van der Waals surface area contributed by atoms with Crippen molar-refractivity contribution in [3.8, 4) is 0 Å². The molecule has 2 fully saturated rings. The number of ether oxygens (including phenoxy) is 1. The van der Waals surface area contributed by atoms with Crippen LogP contribution in [0.5, 0.6) is 0 Å². The number of fused-ring (bicyclic) bond motifs is 3. The van der Waals surface area contributed by atoms with Crippen molar-refractivity contribution in [2.24, 2.45) is 34.5 Å². The molecule has 0 amide bonds. The number of carbonyl (C=O) groups is 1. The van der Waals surface area contributed by atoms with Gasteiger partial charge in [-0.1, -0.05) is 38.8 Å². The van der Waals surface area contributed by atoms with Crippen LogP contribution in [0.2, 0.25) is 0 Å². The first-order chi connectivity index (χ1) is 10.8. The van der Waals surface area contributed by atoms with E-state index in [1.165, 1.54) is 38.5 Å². The van der Waals surface area contributed by atoms with Gasteiger partial charge in [0, 0.05) is 0 Å². The molecule has 3 rings (SSSR count). The summed E-state index contributed by atoms with van der Waals surface area (Å²) in [5.74, 6) is 2.70. The number of allylic oxidation sites excluding steroid dienone is 2. The Kier molecular flexibility index (Phi) is 4.40. The molecular formula is C21H34O2. The van der Waals surface area contributed by atoms with Crippen LogP contribution in [-0.2, 0) is 9.53 Å². The summed E-state index contributed by atoms with van der Waals surface area (Å²) >= 11 is 0. The van der Waals surface area contributed by atoms with E-state index in [4.69, 9.17) is 4.74 Å². The molecule has 2 heteroatoms. The van der Waals surface area contributed by atoms with Gasteiger partial charge in [0.05, 0.1) is 12.5 Å². The average molecular weight is 319 g/mol. The molecular weight excluding hydrogens is 284 g/mol. The first-order valence-corrected chi connectivity index (χ1v) is 9.62. The summed E-state index contributed by atoms with van der Waals surface area (Å²) in [7, 11) is 1.56. The van der Waals surface area contributed by atoms with Crippen molar-refractivity contribution in [1.29, 1.82) is 0 Å². The molecule has 0 radical (unpaired) electrons. The third-order valence-electron chi connectivity index (χ3n) is 7.69. The van der Waals surface area contributed by atoms with Crippen molar-refractivity contribution in [1.82, 2.24) is 0 Å². The van der Waals surface area contributed by atoms with Crippen molar-refractivity contribution in [2.75, 3.05) is 7.11 Å². The second kappa shape index (κ2) is 5.93. The highest BCUT2D eigenvalue weighted by Gasteiger charge is 2.58. The molecule has 3 aliphatic rings. The number of methoxy groups -OCH3 is 1. The molecule has 0 aromatic rings. The van der Waals surface area contributed by atoms with Gasteiger partial charge in [-0.15, -0.1) is 0 Å². The zero-order chi connectivity index (χ0) is 16.8. The SMILES string of the molecule is COC(=O)[C@]1(C)CCC[C@@]2(C)[C@H]1CC[C@@H]1C=C(C(C)C)CC[C@@H]12. The number of hydrogen-bond acceptors (Lipinski definition) is 2. The number of hydrogen-bond donors (Lipinski definition) is 0. The van der Waals surface area contributed by atoms with Crippen LogP contribution >= 0.6 is 0 Å². The second-order valence-electron chi connectivity index (χ2n) is 9.10. The van der Waals surface area contributed by atoms with Gasteiger partial charge in [0.1, 0.15) is 0 Å². The second-order valence-corrected chi connectivity index (χ2v) is 9.10. The lowest BCUT2D eigenvalue weighted by Crippen LogP contribution is -2.55. The predicted octanol–water partition coefficient (Wildman–Crippen LogP) is 5.37. The zero-order valence-corrected chi connectivity index (χ0v) is 15.7. The predicted molar refractivity (Wildman–Crippen MR) is 93.9 cm³/mol. The lowest BCUT2D eigenvalue weighted by molar-refractivity contribution is -0.172. The van der Waals surface area contributed by atoms with Crippen LogP contribution in [0.15, 0.2) is 11.6 Å². The van der Waals surface area contributed by atoms with Crippen molar-refractivity contribution in [3.05, 3.63) is 11.6 Å². The molecule has 0 N–H and O–H groups in total. The van der Waals surface area contributed by atoms with Crippen molar-refractivity contribution >= 4 is 5.97 Å². The van der Waals surface area contributed by atoms with Crippen molar-refractivity contribution in [3.63, 3.8) is 0 Å². The van der Waals surface area contributed by atoms with Crippen LogP contribution in [0.4, 0.5) is 0 Å². The van der Waals surface area contributed by atoms with Crippen LogP contribution in [0.3, 0.4) is 0 Å². The molecule has 130 valence electrons. The van der Waals surface area contributed by atoms with Crippen molar-refractivity contribution in [2.45, 2.75) is 72.6 Å². The minimum Gasteiger partial charge on any atom is -0.469 e. The number of esters is 1. The average Bonchev–Trinajstić information content (AvgIpc) is 2.53. The van der Waals surface area contributed by atoms with Gasteiger partial charge in [-0.3, -0.25) is 4.79 Å². The Morgan fingerprint density at radius 1 is 1.22 bits per heavy atom. The topological polar surface area (TPSA) is 26.3 Å². The molecule has 3 aliphatic carbocycles. The largest absolute Gasteiger partial charge is 0.469 e. The van der Waals surface area contributed by atoms with E-state index in [0.29, 0.717) is 17.3 Å². The van der Waals surface area contributed by atoms with Crippen LogP contribution in [0.25, 0.3) is 0 Å². The lowest BCUT2D eigenvalue weighted by Gasteiger charge is -2.59. The molecule has 23 heavy (non-hydrogen) atoms. The first kappa shape index (κ1) is 17.0. The summed E-state index contributed by atoms with van der Waals surface area (Å²) < 4.78 is 5.22. The summed E-state index contributed by atoms with van der Waals surface area (Å²) in [6.07, 6.45) is 11.1. The van der Waals surface area contributed by atoms with Gasteiger partial charge in [-0.05, 0) is 74.5 Å². The van der Waals surface area contributed by atoms with Gasteiger partial charge in [-0.25, -0.2) is 0 Å². The third kappa shape index (κ3) is 2.57. The molecule has 2 saturated carbocycles. The van der Waals surface area contributed by atoms with E-state index in [0.717, 1.165) is 18.3 Å². The van der Waals surface area contributed by atoms with E-state index in [1.54, 1.807) is 12.7 Å².